The lowest BCUT2D eigenvalue weighted by atomic mass is 10.0. The van der Waals surface area contributed by atoms with Gasteiger partial charge in [-0.15, -0.1) is 0 Å². The SMILES string of the molecule is CC(=O)SCC1CCCN2CCCC(C(=O)OC(C)(C)C)N2C1=O. The second-order valence-corrected chi connectivity index (χ2v) is 8.67. The molecule has 136 valence electrons. The number of thioether (sulfide) groups is 1. The van der Waals surface area contributed by atoms with Gasteiger partial charge in [0.1, 0.15) is 11.6 Å². The molecule has 2 fully saturated rings. The number of esters is 1. The largest absolute Gasteiger partial charge is 0.458 e. The second kappa shape index (κ2) is 7.87. The molecule has 1 amide bonds. The Balaban J connectivity index is 2.16. The fraction of sp³-hybridized carbons (Fsp3) is 0.824. The number of nitrogens with zero attached hydrogens (tertiary/aromatic N) is 2. The number of carbonyl (C=O) groups is 3. The van der Waals surface area contributed by atoms with Gasteiger partial charge in [0.15, 0.2) is 5.12 Å². The Labute approximate surface area is 148 Å². The van der Waals surface area contributed by atoms with E-state index < -0.39 is 11.6 Å². The van der Waals surface area contributed by atoms with Gasteiger partial charge in [-0.1, -0.05) is 11.8 Å². The minimum absolute atomic E-state index is 0.0197. The Morgan fingerprint density at radius 1 is 1.21 bits per heavy atom. The van der Waals surface area contributed by atoms with Crippen molar-refractivity contribution < 1.29 is 19.1 Å². The van der Waals surface area contributed by atoms with Crippen LogP contribution >= 0.6 is 11.8 Å². The molecule has 2 atom stereocenters. The Kier molecular flexibility index (Phi) is 6.31. The molecule has 7 heteroatoms. The molecule has 0 spiro atoms. The third kappa shape index (κ3) is 4.96. The van der Waals surface area contributed by atoms with E-state index >= 15 is 0 Å². The highest BCUT2D eigenvalue weighted by Gasteiger charge is 2.42. The van der Waals surface area contributed by atoms with Crippen LogP contribution in [0.5, 0.6) is 0 Å². The standard InChI is InChI=1S/C17H28N2O4S/c1-12(20)24-11-13-7-5-9-18-10-6-8-14(19(18)15(13)21)16(22)23-17(2,3)4/h13-14H,5-11H2,1-4H3. The Bertz CT molecular complexity index is 503. The van der Waals surface area contributed by atoms with Crippen LogP contribution in [0.2, 0.25) is 0 Å². The summed E-state index contributed by atoms with van der Waals surface area (Å²) in [6.45, 7) is 8.58. The molecule has 0 radical (unpaired) electrons. The van der Waals surface area contributed by atoms with Crippen LogP contribution in [-0.4, -0.2) is 57.5 Å². The van der Waals surface area contributed by atoms with E-state index in [1.807, 2.05) is 25.8 Å². The van der Waals surface area contributed by atoms with Crippen molar-refractivity contribution in [2.24, 2.45) is 5.92 Å². The summed E-state index contributed by atoms with van der Waals surface area (Å²) in [5, 5.41) is 3.65. The first-order valence-electron chi connectivity index (χ1n) is 8.63. The zero-order valence-corrected chi connectivity index (χ0v) is 15.9. The number of ether oxygens (including phenoxy) is 1. The molecule has 0 aromatic rings. The molecule has 0 aromatic heterocycles. The van der Waals surface area contributed by atoms with Crippen molar-refractivity contribution in [3.63, 3.8) is 0 Å². The van der Waals surface area contributed by atoms with Gasteiger partial charge >= 0.3 is 5.97 Å². The lowest BCUT2D eigenvalue weighted by Gasteiger charge is -2.43. The van der Waals surface area contributed by atoms with Crippen molar-refractivity contribution in [2.75, 3.05) is 18.8 Å². The summed E-state index contributed by atoms with van der Waals surface area (Å²) in [6, 6.07) is -0.548. The third-order valence-corrected chi connectivity index (χ3v) is 5.18. The van der Waals surface area contributed by atoms with Gasteiger partial charge in [-0.2, -0.15) is 0 Å². The highest BCUT2D eigenvalue weighted by atomic mass is 32.2. The van der Waals surface area contributed by atoms with Gasteiger partial charge in [0.25, 0.3) is 0 Å². The molecule has 2 aliphatic heterocycles. The number of carbonyl (C=O) groups excluding carboxylic acids is 3. The van der Waals surface area contributed by atoms with Crippen LogP contribution in [0.25, 0.3) is 0 Å². The summed E-state index contributed by atoms with van der Waals surface area (Å²) in [7, 11) is 0. The van der Waals surface area contributed by atoms with Crippen molar-refractivity contribution in [3.05, 3.63) is 0 Å². The topological polar surface area (TPSA) is 66.9 Å². The quantitative estimate of drug-likeness (QED) is 0.723. The summed E-state index contributed by atoms with van der Waals surface area (Å²) in [6.07, 6.45) is 3.16. The highest BCUT2D eigenvalue weighted by molar-refractivity contribution is 8.13. The molecule has 0 aromatic carbocycles. The summed E-state index contributed by atoms with van der Waals surface area (Å²) >= 11 is 1.19. The average Bonchev–Trinajstić information content (AvgIpc) is 2.62. The second-order valence-electron chi connectivity index (χ2n) is 7.47. The van der Waals surface area contributed by atoms with E-state index in [1.165, 1.54) is 18.7 Å². The van der Waals surface area contributed by atoms with E-state index in [0.717, 1.165) is 32.4 Å². The number of hydrazine groups is 1. The van der Waals surface area contributed by atoms with E-state index in [4.69, 9.17) is 4.74 Å². The summed E-state index contributed by atoms with van der Waals surface area (Å²) in [5.74, 6) is -0.108. The molecule has 2 unspecified atom stereocenters. The van der Waals surface area contributed by atoms with E-state index in [1.54, 1.807) is 5.01 Å². The highest BCUT2D eigenvalue weighted by Crippen LogP contribution is 2.29. The van der Waals surface area contributed by atoms with Crippen molar-refractivity contribution in [2.45, 2.75) is 65.0 Å². The van der Waals surface area contributed by atoms with Crippen LogP contribution in [-0.2, 0) is 19.1 Å². The summed E-state index contributed by atoms with van der Waals surface area (Å²) < 4.78 is 5.53. The van der Waals surface area contributed by atoms with Crippen LogP contribution in [0.4, 0.5) is 0 Å². The molecule has 2 aliphatic rings. The fourth-order valence-electron chi connectivity index (χ4n) is 3.20. The van der Waals surface area contributed by atoms with Crippen LogP contribution in [0, 0.1) is 5.92 Å². The lowest BCUT2D eigenvalue weighted by molar-refractivity contribution is -0.184. The number of hydrogen-bond acceptors (Lipinski definition) is 6. The number of hydrogen-bond donors (Lipinski definition) is 0. The molecule has 24 heavy (non-hydrogen) atoms. The predicted octanol–water partition coefficient (Wildman–Crippen LogP) is 2.23. The van der Waals surface area contributed by atoms with Gasteiger partial charge in [-0.05, 0) is 46.5 Å². The minimum atomic E-state index is -0.571. The van der Waals surface area contributed by atoms with E-state index in [-0.39, 0.29) is 22.9 Å². The molecular weight excluding hydrogens is 328 g/mol. The molecule has 2 rings (SSSR count). The molecule has 0 saturated carbocycles. The van der Waals surface area contributed by atoms with Crippen LogP contribution in [0.1, 0.15) is 53.4 Å². The first-order chi connectivity index (χ1) is 11.2. The van der Waals surface area contributed by atoms with E-state index in [2.05, 4.69) is 0 Å². The molecule has 2 heterocycles. The maximum absolute atomic E-state index is 13.0. The zero-order chi connectivity index (χ0) is 17.9. The van der Waals surface area contributed by atoms with Crippen molar-refractivity contribution >= 4 is 28.8 Å². The fourth-order valence-corrected chi connectivity index (χ4v) is 3.94. The maximum Gasteiger partial charge on any atom is 0.331 e. The van der Waals surface area contributed by atoms with E-state index in [0.29, 0.717) is 12.2 Å². The molecular formula is C17H28N2O4S. The average molecular weight is 356 g/mol. The predicted molar refractivity (Wildman–Crippen MR) is 93.1 cm³/mol. The van der Waals surface area contributed by atoms with Gasteiger partial charge < -0.3 is 4.74 Å². The zero-order valence-electron chi connectivity index (χ0n) is 15.0. The Hall–Kier alpha value is -1.08. The first-order valence-corrected chi connectivity index (χ1v) is 9.62. The first kappa shape index (κ1) is 19.2. The third-order valence-electron chi connectivity index (χ3n) is 4.20. The molecule has 2 saturated heterocycles. The monoisotopic (exact) mass is 356 g/mol. The van der Waals surface area contributed by atoms with Gasteiger partial charge in [-0.3, -0.25) is 14.6 Å². The van der Waals surface area contributed by atoms with Crippen LogP contribution in [0.3, 0.4) is 0 Å². The molecule has 0 N–H and O–H groups in total. The molecule has 0 aliphatic carbocycles. The number of rotatable bonds is 3. The Morgan fingerprint density at radius 2 is 1.83 bits per heavy atom. The van der Waals surface area contributed by atoms with Crippen molar-refractivity contribution in [1.29, 1.82) is 0 Å². The molecule has 6 nitrogen and oxygen atoms in total. The smallest absolute Gasteiger partial charge is 0.331 e. The number of amides is 1. The minimum Gasteiger partial charge on any atom is -0.458 e. The maximum atomic E-state index is 13.0. The van der Waals surface area contributed by atoms with Crippen LogP contribution in [0.15, 0.2) is 0 Å². The van der Waals surface area contributed by atoms with Gasteiger partial charge in [0, 0.05) is 31.7 Å². The Morgan fingerprint density at radius 3 is 2.42 bits per heavy atom. The van der Waals surface area contributed by atoms with Gasteiger partial charge in [-0.25, -0.2) is 9.80 Å². The van der Waals surface area contributed by atoms with Gasteiger partial charge in [0.2, 0.25) is 5.91 Å². The normalized spacial score (nSPS) is 25.8. The van der Waals surface area contributed by atoms with Crippen molar-refractivity contribution in [1.82, 2.24) is 10.0 Å². The van der Waals surface area contributed by atoms with E-state index in [9.17, 15) is 14.4 Å². The lowest BCUT2D eigenvalue weighted by Crippen LogP contribution is -2.59. The van der Waals surface area contributed by atoms with Crippen molar-refractivity contribution in [3.8, 4) is 0 Å². The molecule has 0 bridgehead atoms. The summed E-state index contributed by atoms with van der Waals surface area (Å²) in [4.78, 5) is 36.9. The van der Waals surface area contributed by atoms with Crippen LogP contribution < -0.4 is 0 Å². The summed E-state index contributed by atoms with van der Waals surface area (Å²) in [5.41, 5.74) is -0.571. The van der Waals surface area contributed by atoms with Gasteiger partial charge in [0.05, 0.1) is 0 Å². The number of fused-ring (bicyclic) bond motifs is 1.